The molecule has 34 heavy (non-hydrogen) atoms. The van der Waals surface area contributed by atoms with Gasteiger partial charge >= 0.3 is 0 Å². The van der Waals surface area contributed by atoms with Gasteiger partial charge in [0, 0.05) is 0 Å². The van der Waals surface area contributed by atoms with Crippen LogP contribution in [0.4, 0.5) is 0 Å². The molecular weight excluding hydrogens is 458 g/mol. The molecule has 0 amide bonds. The average Bonchev–Trinajstić information content (AvgIpc) is 2.83. The summed E-state index contributed by atoms with van der Waals surface area (Å²) in [7, 11) is -4.02. The fraction of sp³-hybridized carbons (Fsp3) is 0.480. The standard InChI is InChI=1S/C25H37NO7S/c1-6-10-18-32-26-19-23(29-15-7-2)25(31-17-9-4)24(30-16-8-3)20-33-34(27,28)22-13-11-21(5)12-14-22/h7-9,11-14,19,23-25H,2-4,6,10,15-18,20H2,1,5H3/b26-19+/t23-,24+,25+/m0/s1. The van der Waals surface area contributed by atoms with Crippen LogP contribution in [-0.2, 0) is 33.3 Å². The van der Waals surface area contributed by atoms with Crippen molar-refractivity contribution in [3.05, 3.63) is 67.8 Å². The number of ether oxygens (including phenoxy) is 3. The van der Waals surface area contributed by atoms with Crippen LogP contribution >= 0.6 is 0 Å². The summed E-state index contributed by atoms with van der Waals surface area (Å²) in [5.41, 5.74) is 0.937. The zero-order valence-electron chi connectivity index (χ0n) is 20.1. The summed E-state index contributed by atoms with van der Waals surface area (Å²) in [4.78, 5) is 5.34. The Morgan fingerprint density at radius 3 is 2.21 bits per heavy atom. The monoisotopic (exact) mass is 495 g/mol. The van der Waals surface area contributed by atoms with Gasteiger partial charge in [-0.25, -0.2) is 0 Å². The van der Waals surface area contributed by atoms with Crippen LogP contribution in [-0.4, -0.2) is 66.0 Å². The molecule has 0 bridgehead atoms. The SMILES string of the molecule is C=CCO[C@H]([C@H](/C=N/OCCCC)OCC=C)[C@@H](COS(=O)(=O)c1ccc(C)cc1)OCC=C. The van der Waals surface area contributed by atoms with Crippen LogP contribution in [0.2, 0.25) is 0 Å². The van der Waals surface area contributed by atoms with Crippen molar-refractivity contribution in [2.75, 3.05) is 33.0 Å². The molecule has 0 saturated heterocycles. The molecule has 0 spiro atoms. The lowest BCUT2D eigenvalue weighted by Gasteiger charge is -2.30. The molecule has 0 N–H and O–H groups in total. The van der Waals surface area contributed by atoms with E-state index in [1.54, 1.807) is 30.4 Å². The fourth-order valence-electron chi connectivity index (χ4n) is 2.72. The number of rotatable bonds is 20. The molecule has 0 aromatic heterocycles. The van der Waals surface area contributed by atoms with Crippen LogP contribution < -0.4 is 0 Å². The molecule has 0 aliphatic heterocycles. The number of nitrogens with zero attached hydrogens (tertiary/aromatic N) is 1. The van der Waals surface area contributed by atoms with Gasteiger partial charge in [0.1, 0.15) is 24.9 Å². The lowest BCUT2D eigenvalue weighted by atomic mass is 10.1. The summed E-state index contributed by atoms with van der Waals surface area (Å²) >= 11 is 0. The molecule has 0 aliphatic rings. The maximum absolute atomic E-state index is 12.7. The number of hydrogen-bond acceptors (Lipinski definition) is 8. The van der Waals surface area contributed by atoms with Gasteiger partial charge in [-0.1, -0.05) is 54.4 Å². The van der Waals surface area contributed by atoms with Crippen LogP contribution in [0.25, 0.3) is 0 Å². The summed E-state index contributed by atoms with van der Waals surface area (Å²) < 4.78 is 48.4. The molecule has 1 aromatic rings. The van der Waals surface area contributed by atoms with Crippen molar-refractivity contribution in [2.45, 2.75) is 49.9 Å². The van der Waals surface area contributed by atoms with E-state index in [0.717, 1.165) is 18.4 Å². The van der Waals surface area contributed by atoms with Gasteiger partial charge in [0.15, 0.2) is 0 Å². The largest absolute Gasteiger partial charge is 0.396 e. The molecule has 0 aliphatic carbocycles. The topological polar surface area (TPSA) is 92.6 Å². The first-order chi connectivity index (χ1) is 16.4. The van der Waals surface area contributed by atoms with E-state index in [1.165, 1.54) is 18.3 Å². The predicted molar refractivity (Wildman–Crippen MR) is 133 cm³/mol. The van der Waals surface area contributed by atoms with Crippen molar-refractivity contribution < 1.29 is 31.6 Å². The van der Waals surface area contributed by atoms with Gasteiger partial charge in [-0.2, -0.15) is 8.42 Å². The first-order valence-corrected chi connectivity index (χ1v) is 12.6. The Balaban J connectivity index is 3.12. The van der Waals surface area contributed by atoms with E-state index < -0.39 is 28.4 Å². The Bertz CT molecular complexity index is 853. The van der Waals surface area contributed by atoms with Gasteiger partial charge in [-0.05, 0) is 25.5 Å². The van der Waals surface area contributed by atoms with Crippen LogP contribution in [0, 0.1) is 6.92 Å². The van der Waals surface area contributed by atoms with Crippen LogP contribution in [0.15, 0.2) is 72.3 Å². The van der Waals surface area contributed by atoms with Gasteiger partial charge in [-0.15, -0.1) is 19.7 Å². The Morgan fingerprint density at radius 1 is 0.971 bits per heavy atom. The number of unbranched alkanes of at least 4 members (excludes halogenated alkanes) is 1. The van der Waals surface area contributed by atoms with Crippen molar-refractivity contribution in [2.24, 2.45) is 5.16 Å². The van der Waals surface area contributed by atoms with E-state index in [9.17, 15) is 8.42 Å². The second kappa shape index (κ2) is 17.2. The van der Waals surface area contributed by atoms with Crippen LogP contribution in [0.5, 0.6) is 0 Å². The van der Waals surface area contributed by atoms with Crippen molar-refractivity contribution in [3.63, 3.8) is 0 Å². The lowest BCUT2D eigenvalue weighted by molar-refractivity contribution is -0.116. The molecule has 0 unspecified atom stereocenters. The Labute approximate surface area is 204 Å². The number of hydrogen-bond donors (Lipinski definition) is 0. The third-order valence-corrected chi connectivity index (χ3v) is 5.80. The highest BCUT2D eigenvalue weighted by atomic mass is 32.2. The van der Waals surface area contributed by atoms with E-state index in [0.29, 0.717) is 6.61 Å². The molecule has 0 heterocycles. The molecule has 9 heteroatoms. The van der Waals surface area contributed by atoms with Crippen molar-refractivity contribution in [1.29, 1.82) is 0 Å². The molecule has 0 radical (unpaired) electrons. The highest BCUT2D eigenvalue weighted by Crippen LogP contribution is 2.18. The summed E-state index contributed by atoms with van der Waals surface area (Å²) in [6, 6.07) is 6.39. The molecule has 0 saturated carbocycles. The zero-order chi connectivity index (χ0) is 25.2. The summed E-state index contributed by atoms with van der Waals surface area (Å²) in [6.07, 6.45) is 5.64. The van der Waals surface area contributed by atoms with E-state index >= 15 is 0 Å². The minimum Gasteiger partial charge on any atom is -0.396 e. The van der Waals surface area contributed by atoms with E-state index in [-0.39, 0.29) is 31.3 Å². The smallest absolute Gasteiger partial charge is 0.297 e. The van der Waals surface area contributed by atoms with Gasteiger partial charge in [0.05, 0.1) is 37.5 Å². The molecule has 190 valence electrons. The van der Waals surface area contributed by atoms with Gasteiger partial charge in [0.25, 0.3) is 10.1 Å². The molecular formula is C25H37NO7S. The van der Waals surface area contributed by atoms with Gasteiger partial charge in [0.2, 0.25) is 0 Å². The van der Waals surface area contributed by atoms with Crippen molar-refractivity contribution >= 4 is 16.3 Å². The highest BCUT2D eigenvalue weighted by Gasteiger charge is 2.33. The minimum absolute atomic E-state index is 0.0504. The van der Waals surface area contributed by atoms with Crippen LogP contribution in [0.3, 0.4) is 0 Å². The van der Waals surface area contributed by atoms with Crippen molar-refractivity contribution in [3.8, 4) is 0 Å². The molecule has 0 fully saturated rings. The van der Waals surface area contributed by atoms with E-state index in [2.05, 4.69) is 31.8 Å². The molecule has 3 atom stereocenters. The summed E-state index contributed by atoms with van der Waals surface area (Å²) in [5, 5.41) is 3.99. The Morgan fingerprint density at radius 2 is 1.59 bits per heavy atom. The quantitative estimate of drug-likeness (QED) is 0.0879. The van der Waals surface area contributed by atoms with Crippen molar-refractivity contribution in [1.82, 2.24) is 0 Å². The van der Waals surface area contributed by atoms with Gasteiger partial charge in [-0.3, -0.25) is 4.18 Å². The summed E-state index contributed by atoms with van der Waals surface area (Å²) in [5.74, 6) is 0. The average molecular weight is 496 g/mol. The minimum atomic E-state index is -4.02. The second-order valence-corrected chi connectivity index (χ2v) is 8.94. The lowest BCUT2D eigenvalue weighted by Crippen LogP contribution is -2.46. The number of benzene rings is 1. The highest BCUT2D eigenvalue weighted by molar-refractivity contribution is 7.86. The van der Waals surface area contributed by atoms with E-state index in [1.807, 2.05) is 6.92 Å². The summed E-state index contributed by atoms with van der Waals surface area (Å²) in [6.45, 7) is 15.6. The number of aryl methyl sites for hydroxylation is 1. The first-order valence-electron chi connectivity index (χ1n) is 11.2. The maximum Gasteiger partial charge on any atom is 0.297 e. The fourth-order valence-corrected chi connectivity index (χ4v) is 3.64. The zero-order valence-corrected chi connectivity index (χ0v) is 21.0. The molecule has 1 aromatic carbocycles. The molecule has 8 nitrogen and oxygen atoms in total. The number of oxime groups is 1. The second-order valence-electron chi connectivity index (χ2n) is 7.33. The Hall–Kier alpha value is -2.30. The van der Waals surface area contributed by atoms with E-state index in [4.69, 9.17) is 23.2 Å². The maximum atomic E-state index is 12.7. The van der Waals surface area contributed by atoms with Gasteiger partial charge < -0.3 is 19.0 Å². The molecule has 1 rings (SSSR count). The third-order valence-electron chi connectivity index (χ3n) is 4.50. The Kier molecular flexibility index (Phi) is 15.0. The predicted octanol–water partition coefficient (Wildman–Crippen LogP) is 4.22. The van der Waals surface area contributed by atoms with Crippen LogP contribution in [0.1, 0.15) is 25.3 Å². The first kappa shape index (κ1) is 29.7. The normalized spacial score (nSPS) is 14.4. The third kappa shape index (κ3) is 11.2.